The van der Waals surface area contributed by atoms with Gasteiger partial charge in [0, 0.05) is 46.5 Å². The van der Waals surface area contributed by atoms with Crippen LogP contribution in [0.15, 0.2) is 49.7 Å². The molecular weight excluding hydrogens is 486 g/mol. The maximum Gasteiger partial charge on any atom is 0.335 e. The molecule has 0 aliphatic carbocycles. The standard InChI is InChI=1S/C27H31N7O4/c1-16-6-7-18(12-17(16)2)34-25(36)19(24(35)29-26(34)37)15-28-20-13-22-23(32(5)27(38)31(22)4)14-21(20)33-10-8-30(3)9-11-33/h6-7,12-15,36H,8-11H2,1-5H3,(H,29,35,37). The van der Waals surface area contributed by atoms with Crippen molar-refractivity contribution in [2.45, 2.75) is 13.8 Å². The number of hydrogen-bond acceptors (Lipinski definition) is 7. The number of rotatable bonds is 4. The van der Waals surface area contributed by atoms with Crippen LogP contribution in [-0.4, -0.2) is 68.1 Å². The van der Waals surface area contributed by atoms with E-state index < -0.39 is 17.1 Å². The molecule has 1 saturated heterocycles. The van der Waals surface area contributed by atoms with Crippen molar-refractivity contribution in [2.24, 2.45) is 19.1 Å². The minimum absolute atomic E-state index is 0.144. The number of anilines is 1. The summed E-state index contributed by atoms with van der Waals surface area (Å²) in [4.78, 5) is 49.3. The van der Waals surface area contributed by atoms with Crippen molar-refractivity contribution in [3.05, 3.63) is 78.3 Å². The molecule has 4 aromatic rings. The SMILES string of the molecule is Cc1ccc(-n2c(O)c(C=Nc3cc4c(cc3N3CCN(C)CC3)n(C)c(=O)n4C)c(=O)[nH]c2=O)cc1C. The Kier molecular flexibility index (Phi) is 6.31. The minimum Gasteiger partial charge on any atom is -0.493 e. The van der Waals surface area contributed by atoms with Crippen LogP contribution in [0.25, 0.3) is 16.7 Å². The number of nitrogens with zero attached hydrogens (tertiary/aromatic N) is 6. The first-order valence-electron chi connectivity index (χ1n) is 12.4. The number of aromatic nitrogens is 4. The molecule has 0 spiro atoms. The van der Waals surface area contributed by atoms with Crippen LogP contribution in [0.2, 0.25) is 0 Å². The predicted molar refractivity (Wildman–Crippen MR) is 149 cm³/mol. The van der Waals surface area contributed by atoms with Gasteiger partial charge in [-0.15, -0.1) is 0 Å². The van der Waals surface area contributed by atoms with Crippen molar-refractivity contribution in [1.82, 2.24) is 23.6 Å². The van der Waals surface area contributed by atoms with E-state index in [1.165, 1.54) is 6.21 Å². The number of fused-ring (bicyclic) bond motifs is 1. The van der Waals surface area contributed by atoms with Gasteiger partial charge in [-0.2, -0.15) is 0 Å². The van der Waals surface area contributed by atoms with Crippen LogP contribution < -0.4 is 21.8 Å². The smallest absolute Gasteiger partial charge is 0.335 e. The number of likely N-dealkylation sites (N-methyl/N-ethyl adjacent to an activating group) is 1. The van der Waals surface area contributed by atoms with Gasteiger partial charge < -0.3 is 14.9 Å². The number of nitrogens with one attached hydrogen (secondary N) is 1. The summed E-state index contributed by atoms with van der Waals surface area (Å²) in [7, 11) is 5.50. The molecule has 198 valence electrons. The number of imidazole rings is 1. The average Bonchev–Trinajstić information content (AvgIpc) is 3.09. The summed E-state index contributed by atoms with van der Waals surface area (Å²) in [6.45, 7) is 7.14. The van der Waals surface area contributed by atoms with Crippen molar-refractivity contribution in [3.63, 3.8) is 0 Å². The summed E-state index contributed by atoms with van der Waals surface area (Å²) in [5.41, 5.74) is 3.46. The Morgan fingerprint density at radius 2 is 1.55 bits per heavy atom. The molecule has 2 aromatic heterocycles. The Balaban J connectivity index is 1.66. The molecule has 3 heterocycles. The topological polar surface area (TPSA) is 121 Å². The van der Waals surface area contributed by atoms with Crippen LogP contribution in [-0.2, 0) is 14.1 Å². The number of piperazine rings is 1. The molecule has 1 aliphatic rings. The van der Waals surface area contributed by atoms with Crippen molar-refractivity contribution in [2.75, 3.05) is 38.1 Å². The lowest BCUT2D eigenvalue weighted by atomic mass is 10.1. The summed E-state index contributed by atoms with van der Waals surface area (Å²) >= 11 is 0. The number of hydrogen-bond donors (Lipinski definition) is 2. The number of H-pyrrole nitrogens is 1. The third-order valence-electron chi connectivity index (χ3n) is 7.41. The Bertz CT molecular complexity index is 1770. The highest BCUT2D eigenvalue weighted by Gasteiger charge is 2.21. The fourth-order valence-corrected chi connectivity index (χ4v) is 4.82. The van der Waals surface area contributed by atoms with Crippen LogP contribution in [0.4, 0.5) is 11.4 Å². The monoisotopic (exact) mass is 517 g/mol. The zero-order chi connectivity index (χ0) is 27.3. The molecular formula is C27H31N7O4. The molecule has 0 saturated carbocycles. The molecule has 0 bridgehead atoms. The third-order valence-corrected chi connectivity index (χ3v) is 7.41. The summed E-state index contributed by atoms with van der Waals surface area (Å²) in [6, 6.07) is 9.07. The van der Waals surface area contributed by atoms with Crippen molar-refractivity contribution in [3.8, 4) is 11.6 Å². The van der Waals surface area contributed by atoms with Crippen LogP contribution in [0.1, 0.15) is 16.7 Å². The largest absolute Gasteiger partial charge is 0.493 e. The molecule has 11 heteroatoms. The van der Waals surface area contributed by atoms with Gasteiger partial charge in [-0.1, -0.05) is 6.07 Å². The van der Waals surface area contributed by atoms with Crippen molar-refractivity contribution in [1.29, 1.82) is 0 Å². The lowest BCUT2D eigenvalue weighted by molar-refractivity contribution is 0.313. The van der Waals surface area contributed by atoms with Gasteiger partial charge in [-0.05, 0) is 56.3 Å². The molecule has 0 unspecified atom stereocenters. The number of aliphatic imine (C=N–C) groups is 1. The predicted octanol–water partition coefficient (Wildman–Crippen LogP) is 1.54. The van der Waals surface area contributed by atoms with E-state index >= 15 is 0 Å². The molecule has 5 rings (SSSR count). The number of aromatic hydroxyl groups is 1. The van der Waals surface area contributed by atoms with Crippen LogP contribution in [0.5, 0.6) is 5.88 Å². The lowest BCUT2D eigenvalue weighted by Gasteiger charge is -2.34. The minimum atomic E-state index is -0.745. The fraction of sp³-hybridized carbons (Fsp3) is 0.333. The first kappa shape index (κ1) is 25.3. The normalized spacial score (nSPS) is 14.7. The second-order valence-corrected chi connectivity index (χ2v) is 9.88. The highest BCUT2D eigenvalue weighted by Crippen LogP contribution is 2.34. The second kappa shape index (κ2) is 9.49. The summed E-state index contributed by atoms with van der Waals surface area (Å²) in [5, 5.41) is 11.0. The quantitative estimate of drug-likeness (QED) is 0.396. The van der Waals surface area contributed by atoms with Gasteiger partial charge in [0.2, 0.25) is 5.88 Å². The molecule has 1 aliphatic heterocycles. The van der Waals surface area contributed by atoms with Gasteiger partial charge in [0.25, 0.3) is 5.56 Å². The highest BCUT2D eigenvalue weighted by atomic mass is 16.3. The molecule has 0 amide bonds. The first-order chi connectivity index (χ1) is 18.1. The maximum atomic E-state index is 12.7. The number of aryl methyl sites for hydroxylation is 4. The van der Waals surface area contributed by atoms with E-state index in [4.69, 9.17) is 0 Å². The van der Waals surface area contributed by atoms with Gasteiger partial charge >= 0.3 is 11.4 Å². The average molecular weight is 518 g/mol. The molecule has 2 N–H and O–H groups in total. The molecule has 2 aromatic carbocycles. The van der Waals surface area contributed by atoms with E-state index in [2.05, 4.69) is 26.8 Å². The Morgan fingerprint density at radius 3 is 2.21 bits per heavy atom. The summed E-state index contributed by atoms with van der Waals surface area (Å²) < 4.78 is 4.20. The van der Waals surface area contributed by atoms with Gasteiger partial charge in [-0.25, -0.2) is 14.2 Å². The van der Waals surface area contributed by atoms with Crippen LogP contribution in [0.3, 0.4) is 0 Å². The van der Waals surface area contributed by atoms with Gasteiger partial charge in [0.05, 0.1) is 28.1 Å². The van der Waals surface area contributed by atoms with Crippen LogP contribution in [0, 0.1) is 13.8 Å². The first-order valence-corrected chi connectivity index (χ1v) is 12.4. The van der Waals surface area contributed by atoms with Gasteiger partial charge in [-0.3, -0.25) is 23.9 Å². The van der Waals surface area contributed by atoms with E-state index in [-0.39, 0.29) is 11.3 Å². The fourth-order valence-electron chi connectivity index (χ4n) is 4.82. The van der Waals surface area contributed by atoms with E-state index in [0.29, 0.717) is 16.9 Å². The van der Waals surface area contributed by atoms with E-state index in [1.807, 2.05) is 32.0 Å². The van der Waals surface area contributed by atoms with E-state index in [9.17, 15) is 19.5 Å². The van der Waals surface area contributed by atoms with Crippen molar-refractivity contribution < 1.29 is 5.11 Å². The zero-order valence-corrected chi connectivity index (χ0v) is 22.1. The highest BCUT2D eigenvalue weighted by molar-refractivity contribution is 5.92. The van der Waals surface area contributed by atoms with Gasteiger partial charge in [0.15, 0.2) is 0 Å². The van der Waals surface area contributed by atoms with Crippen molar-refractivity contribution >= 4 is 28.6 Å². The lowest BCUT2D eigenvalue weighted by Crippen LogP contribution is -2.44. The number of aromatic amines is 1. The Morgan fingerprint density at radius 1 is 0.895 bits per heavy atom. The second-order valence-electron chi connectivity index (χ2n) is 9.88. The van der Waals surface area contributed by atoms with E-state index in [0.717, 1.165) is 53.1 Å². The zero-order valence-electron chi connectivity index (χ0n) is 22.1. The molecule has 1 fully saturated rings. The molecule has 0 radical (unpaired) electrons. The Hall–Kier alpha value is -4.38. The summed E-state index contributed by atoms with van der Waals surface area (Å²) in [5.74, 6) is -0.500. The Labute approximate surface area is 218 Å². The molecule has 0 atom stereocenters. The summed E-state index contributed by atoms with van der Waals surface area (Å²) in [6.07, 6.45) is 1.27. The molecule has 11 nitrogen and oxygen atoms in total. The van der Waals surface area contributed by atoms with E-state index in [1.54, 1.807) is 35.4 Å². The third kappa shape index (κ3) is 4.24. The maximum absolute atomic E-state index is 12.7. The van der Waals surface area contributed by atoms with Crippen LogP contribution >= 0.6 is 0 Å². The number of benzene rings is 2. The van der Waals surface area contributed by atoms with Gasteiger partial charge in [0.1, 0.15) is 5.56 Å². The molecule has 38 heavy (non-hydrogen) atoms.